The third kappa shape index (κ3) is 4.30. The first kappa shape index (κ1) is 14.5. The summed E-state index contributed by atoms with van der Waals surface area (Å²) in [4.78, 5) is 2.15. The fourth-order valence-corrected chi connectivity index (χ4v) is 2.16. The summed E-state index contributed by atoms with van der Waals surface area (Å²) in [5, 5.41) is 8.31. The van der Waals surface area contributed by atoms with E-state index in [4.69, 9.17) is 11.6 Å². The molecule has 1 heterocycles. The largest absolute Gasteiger partial charge is 0.320 e. The molecule has 0 saturated carbocycles. The highest BCUT2D eigenvalue weighted by atomic mass is 35.5. The van der Waals surface area contributed by atoms with Crippen molar-refractivity contribution in [2.75, 3.05) is 34.2 Å². The van der Waals surface area contributed by atoms with Crippen molar-refractivity contribution in [3.63, 3.8) is 0 Å². The van der Waals surface area contributed by atoms with Gasteiger partial charge in [0, 0.05) is 12.5 Å². The molecule has 0 aliphatic carbocycles. The molecule has 0 aromatic carbocycles. The summed E-state index contributed by atoms with van der Waals surface area (Å²) in [6.45, 7) is 5.06. The molecule has 0 fully saturated rings. The first-order valence-electron chi connectivity index (χ1n) is 6.06. The summed E-state index contributed by atoms with van der Waals surface area (Å²) in [7, 11) is 6.10. The molecule has 0 bridgehead atoms. The van der Waals surface area contributed by atoms with E-state index in [1.807, 2.05) is 11.7 Å². The zero-order chi connectivity index (χ0) is 12.8. The Morgan fingerprint density at radius 2 is 2.24 bits per heavy atom. The van der Waals surface area contributed by atoms with Gasteiger partial charge in [-0.1, -0.05) is 18.5 Å². The van der Waals surface area contributed by atoms with Crippen LogP contribution in [0.3, 0.4) is 0 Å². The van der Waals surface area contributed by atoms with Crippen molar-refractivity contribution in [1.29, 1.82) is 0 Å². The van der Waals surface area contributed by atoms with Gasteiger partial charge in [-0.05, 0) is 34.1 Å². The summed E-state index contributed by atoms with van der Waals surface area (Å²) in [5.41, 5.74) is 1.16. The summed E-state index contributed by atoms with van der Waals surface area (Å²) < 4.78 is 2.03. The third-order valence-corrected chi connectivity index (χ3v) is 3.18. The van der Waals surface area contributed by atoms with E-state index in [-0.39, 0.29) is 0 Å². The van der Waals surface area contributed by atoms with Crippen LogP contribution in [0.4, 0.5) is 0 Å². The van der Waals surface area contributed by atoms with Crippen molar-refractivity contribution in [2.45, 2.75) is 25.8 Å². The molecule has 0 amide bonds. The maximum atomic E-state index is 6.22. The second-order valence-electron chi connectivity index (χ2n) is 4.70. The molecule has 5 heteroatoms. The smallest absolute Gasteiger partial charge is 0.0820 e. The van der Waals surface area contributed by atoms with Crippen molar-refractivity contribution in [2.24, 2.45) is 0 Å². The Morgan fingerprint density at radius 3 is 2.82 bits per heavy atom. The van der Waals surface area contributed by atoms with Crippen LogP contribution >= 0.6 is 11.6 Å². The van der Waals surface area contributed by atoms with Gasteiger partial charge in [-0.3, -0.25) is 4.68 Å². The molecule has 1 N–H and O–H groups in total. The average molecular weight is 259 g/mol. The number of halogens is 1. The van der Waals surface area contributed by atoms with Crippen molar-refractivity contribution in [3.8, 4) is 0 Å². The van der Waals surface area contributed by atoms with Crippen LogP contribution in [0.1, 0.15) is 25.0 Å². The van der Waals surface area contributed by atoms with Crippen LogP contribution in [0.2, 0.25) is 5.02 Å². The molecule has 0 saturated heterocycles. The van der Waals surface area contributed by atoms with Gasteiger partial charge in [-0.15, -0.1) is 0 Å². The Morgan fingerprint density at radius 1 is 1.53 bits per heavy atom. The zero-order valence-corrected chi connectivity index (χ0v) is 12.0. The van der Waals surface area contributed by atoms with Crippen LogP contribution in [0.25, 0.3) is 0 Å². The first-order valence-corrected chi connectivity index (χ1v) is 6.44. The van der Waals surface area contributed by atoms with Gasteiger partial charge in [0.15, 0.2) is 0 Å². The van der Waals surface area contributed by atoms with Crippen LogP contribution in [0.15, 0.2) is 6.20 Å². The minimum atomic E-state index is 0.430. The highest BCUT2D eigenvalue weighted by Gasteiger charge is 2.15. The van der Waals surface area contributed by atoms with Crippen LogP contribution in [-0.4, -0.2) is 48.9 Å². The van der Waals surface area contributed by atoms with Gasteiger partial charge in [0.25, 0.3) is 0 Å². The number of nitrogens with zero attached hydrogens (tertiary/aromatic N) is 3. The lowest BCUT2D eigenvalue weighted by Crippen LogP contribution is -2.21. The molecule has 0 aliphatic rings. The predicted octanol–water partition coefficient (Wildman–Crippen LogP) is 1.81. The molecular weight excluding hydrogens is 236 g/mol. The summed E-state index contributed by atoms with van der Waals surface area (Å²) in [6.07, 6.45) is 2.83. The molecule has 1 atom stereocenters. The maximum absolute atomic E-state index is 6.22. The Labute approximate surface area is 109 Å². The number of likely N-dealkylation sites (N-methyl/N-ethyl adjacent to an activating group) is 1. The molecule has 1 rings (SSSR count). The van der Waals surface area contributed by atoms with E-state index in [0.717, 1.165) is 36.8 Å². The molecule has 1 aromatic rings. The second kappa shape index (κ2) is 6.99. The summed E-state index contributed by atoms with van der Waals surface area (Å²) >= 11 is 6.22. The lowest BCUT2D eigenvalue weighted by atomic mass is 10.0. The second-order valence-corrected chi connectivity index (χ2v) is 5.10. The standard InChI is InChI=1S/C12H23ClN4/c1-10(5-6-14-2)12-11(13)9-15-17(12)8-7-16(3)4/h9-10,14H,5-8H2,1-4H3. The minimum Gasteiger partial charge on any atom is -0.320 e. The fraction of sp³-hybridized carbons (Fsp3) is 0.750. The van der Waals surface area contributed by atoms with Gasteiger partial charge < -0.3 is 10.2 Å². The van der Waals surface area contributed by atoms with Gasteiger partial charge in [0.2, 0.25) is 0 Å². The maximum Gasteiger partial charge on any atom is 0.0820 e. The lowest BCUT2D eigenvalue weighted by molar-refractivity contribution is 0.366. The predicted molar refractivity (Wildman–Crippen MR) is 72.7 cm³/mol. The highest BCUT2D eigenvalue weighted by Crippen LogP contribution is 2.26. The van der Waals surface area contributed by atoms with E-state index < -0.39 is 0 Å². The number of hydrogen-bond donors (Lipinski definition) is 1. The van der Waals surface area contributed by atoms with Crippen LogP contribution in [0.5, 0.6) is 0 Å². The van der Waals surface area contributed by atoms with E-state index in [0.29, 0.717) is 5.92 Å². The average Bonchev–Trinajstić information content (AvgIpc) is 2.64. The van der Waals surface area contributed by atoms with E-state index in [1.165, 1.54) is 0 Å². The molecule has 1 aromatic heterocycles. The van der Waals surface area contributed by atoms with Crippen LogP contribution in [0, 0.1) is 0 Å². The Balaban J connectivity index is 2.71. The molecule has 1 unspecified atom stereocenters. The quantitative estimate of drug-likeness (QED) is 0.810. The fourth-order valence-electron chi connectivity index (χ4n) is 1.83. The monoisotopic (exact) mass is 258 g/mol. The van der Waals surface area contributed by atoms with Gasteiger partial charge in [-0.2, -0.15) is 5.10 Å². The van der Waals surface area contributed by atoms with Crippen molar-refractivity contribution in [3.05, 3.63) is 16.9 Å². The van der Waals surface area contributed by atoms with Crippen molar-refractivity contribution < 1.29 is 0 Å². The normalized spacial score (nSPS) is 13.3. The first-order chi connectivity index (χ1) is 8.06. The lowest BCUT2D eigenvalue weighted by Gasteiger charge is -2.16. The molecule has 98 valence electrons. The Hall–Kier alpha value is -0.580. The third-order valence-electron chi connectivity index (χ3n) is 2.89. The topological polar surface area (TPSA) is 33.1 Å². The number of nitrogens with one attached hydrogen (secondary N) is 1. The Bertz CT molecular complexity index is 335. The van der Waals surface area contributed by atoms with Crippen LogP contribution < -0.4 is 5.32 Å². The molecule has 4 nitrogen and oxygen atoms in total. The minimum absolute atomic E-state index is 0.430. The number of rotatable bonds is 7. The number of aromatic nitrogens is 2. The van der Waals surface area contributed by atoms with Crippen molar-refractivity contribution >= 4 is 11.6 Å². The van der Waals surface area contributed by atoms with Gasteiger partial charge in [0.1, 0.15) is 0 Å². The molecule has 0 radical (unpaired) electrons. The molecular formula is C12H23ClN4. The number of hydrogen-bond acceptors (Lipinski definition) is 3. The van der Waals surface area contributed by atoms with Gasteiger partial charge in [-0.25, -0.2) is 0 Å². The highest BCUT2D eigenvalue weighted by molar-refractivity contribution is 6.31. The summed E-state index contributed by atoms with van der Waals surface area (Å²) in [6, 6.07) is 0. The zero-order valence-electron chi connectivity index (χ0n) is 11.2. The van der Waals surface area contributed by atoms with E-state index in [9.17, 15) is 0 Å². The van der Waals surface area contributed by atoms with Gasteiger partial charge in [0.05, 0.1) is 23.5 Å². The van der Waals surface area contributed by atoms with Crippen molar-refractivity contribution in [1.82, 2.24) is 20.0 Å². The Kier molecular flexibility index (Phi) is 5.95. The SMILES string of the molecule is CNCCC(C)c1c(Cl)cnn1CCN(C)C. The van der Waals surface area contributed by atoms with Gasteiger partial charge >= 0.3 is 0 Å². The molecule has 0 aliphatic heterocycles. The molecule has 0 spiro atoms. The molecule has 17 heavy (non-hydrogen) atoms. The van der Waals surface area contributed by atoms with Crippen LogP contribution in [-0.2, 0) is 6.54 Å². The van der Waals surface area contributed by atoms with E-state index >= 15 is 0 Å². The summed E-state index contributed by atoms with van der Waals surface area (Å²) in [5.74, 6) is 0.430. The van der Waals surface area contributed by atoms with E-state index in [2.05, 4.69) is 36.3 Å². The van der Waals surface area contributed by atoms with E-state index in [1.54, 1.807) is 6.20 Å².